The van der Waals surface area contributed by atoms with Crippen LogP contribution in [0.2, 0.25) is 5.02 Å². The zero-order valence-corrected chi connectivity index (χ0v) is 13.6. The van der Waals surface area contributed by atoms with Gasteiger partial charge in [-0.05, 0) is 53.9 Å². The van der Waals surface area contributed by atoms with Gasteiger partial charge in [0, 0.05) is 40.1 Å². The fourth-order valence-corrected chi connectivity index (χ4v) is 4.29. The van der Waals surface area contributed by atoms with Gasteiger partial charge < -0.3 is 9.88 Å². The van der Waals surface area contributed by atoms with Gasteiger partial charge >= 0.3 is 0 Å². The number of nitrogens with zero attached hydrogens (tertiary/aromatic N) is 1. The number of hydrogen-bond donors (Lipinski definition) is 1. The normalized spacial score (nSPS) is 20.1. The van der Waals surface area contributed by atoms with Gasteiger partial charge in [-0.25, -0.2) is 0 Å². The van der Waals surface area contributed by atoms with Crippen LogP contribution in [0.25, 0.3) is 10.9 Å². The first kappa shape index (κ1) is 13.5. The predicted molar refractivity (Wildman–Crippen MR) is 85.2 cm³/mol. The molecule has 19 heavy (non-hydrogen) atoms. The molecule has 0 amide bonds. The van der Waals surface area contributed by atoms with Crippen LogP contribution in [-0.2, 0) is 7.05 Å². The molecule has 1 aliphatic heterocycles. The lowest BCUT2D eigenvalue weighted by Gasteiger charge is -2.24. The first-order valence-electron chi connectivity index (χ1n) is 6.75. The summed E-state index contributed by atoms with van der Waals surface area (Å²) < 4.78 is 3.55. The molecular formula is C15H18BrClN2. The molecule has 0 radical (unpaired) electrons. The summed E-state index contributed by atoms with van der Waals surface area (Å²) in [6, 6.07) is 4.11. The Balaban J connectivity index is 2.22. The van der Waals surface area contributed by atoms with Crippen molar-refractivity contribution >= 4 is 38.4 Å². The Labute approximate surface area is 127 Å². The van der Waals surface area contributed by atoms with E-state index in [0.717, 1.165) is 23.7 Å². The SMILES string of the molecule is Cc1c(Cl)ccc2c(Br)c(C3CCCNC3)n(C)c12. The Morgan fingerprint density at radius 2 is 2.21 bits per heavy atom. The molecular weight excluding hydrogens is 324 g/mol. The highest BCUT2D eigenvalue weighted by atomic mass is 79.9. The van der Waals surface area contributed by atoms with Crippen molar-refractivity contribution in [3.63, 3.8) is 0 Å². The Bertz CT molecular complexity index is 627. The molecule has 4 heteroatoms. The fourth-order valence-electron chi connectivity index (χ4n) is 3.23. The lowest BCUT2D eigenvalue weighted by atomic mass is 9.96. The van der Waals surface area contributed by atoms with Crippen LogP contribution in [-0.4, -0.2) is 17.7 Å². The molecule has 1 aliphatic rings. The maximum Gasteiger partial charge on any atom is 0.0536 e. The standard InChI is InChI=1S/C15H18BrClN2/c1-9-12(17)6-5-11-13(16)15(19(2)14(9)11)10-4-3-7-18-8-10/h5-6,10,18H,3-4,7-8H2,1-2H3. The second-order valence-corrected chi connectivity index (χ2v) is 6.57. The third-order valence-electron chi connectivity index (χ3n) is 4.21. The van der Waals surface area contributed by atoms with Crippen molar-refractivity contribution in [2.24, 2.45) is 7.05 Å². The van der Waals surface area contributed by atoms with Gasteiger partial charge in [-0.15, -0.1) is 0 Å². The average Bonchev–Trinajstić information content (AvgIpc) is 2.67. The van der Waals surface area contributed by atoms with E-state index in [-0.39, 0.29) is 0 Å². The van der Waals surface area contributed by atoms with Gasteiger partial charge in [0.25, 0.3) is 0 Å². The molecule has 0 saturated carbocycles. The van der Waals surface area contributed by atoms with Crippen molar-refractivity contribution in [2.45, 2.75) is 25.7 Å². The van der Waals surface area contributed by atoms with Gasteiger partial charge in [0.15, 0.2) is 0 Å². The topological polar surface area (TPSA) is 17.0 Å². The van der Waals surface area contributed by atoms with Crippen LogP contribution in [0.5, 0.6) is 0 Å². The molecule has 1 aromatic heterocycles. The van der Waals surface area contributed by atoms with Crippen molar-refractivity contribution in [3.8, 4) is 0 Å². The maximum absolute atomic E-state index is 6.27. The predicted octanol–water partition coefficient (Wildman–Crippen LogP) is 4.37. The summed E-state index contributed by atoms with van der Waals surface area (Å²) in [5.74, 6) is 0.582. The zero-order valence-electron chi connectivity index (χ0n) is 11.3. The number of benzene rings is 1. The highest BCUT2D eigenvalue weighted by Crippen LogP contribution is 2.39. The molecule has 2 heterocycles. The van der Waals surface area contributed by atoms with E-state index >= 15 is 0 Å². The van der Waals surface area contributed by atoms with E-state index < -0.39 is 0 Å². The lowest BCUT2D eigenvalue weighted by molar-refractivity contribution is 0.447. The molecule has 0 spiro atoms. The van der Waals surface area contributed by atoms with E-state index in [1.807, 2.05) is 6.07 Å². The molecule has 1 fully saturated rings. The van der Waals surface area contributed by atoms with Crippen molar-refractivity contribution in [1.29, 1.82) is 0 Å². The summed E-state index contributed by atoms with van der Waals surface area (Å²) >= 11 is 10.1. The van der Waals surface area contributed by atoms with Crippen LogP contribution in [0, 0.1) is 6.92 Å². The third-order valence-corrected chi connectivity index (χ3v) is 5.45. The van der Waals surface area contributed by atoms with Crippen molar-refractivity contribution in [1.82, 2.24) is 9.88 Å². The molecule has 3 rings (SSSR count). The average molecular weight is 342 g/mol. The van der Waals surface area contributed by atoms with E-state index in [2.05, 4.69) is 45.9 Å². The largest absolute Gasteiger partial charge is 0.346 e. The van der Waals surface area contributed by atoms with Crippen LogP contribution in [0.15, 0.2) is 16.6 Å². The molecule has 0 bridgehead atoms. The second kappa shape index (κ2) is 5.12. The molecule has 1 saturated heterocycles. The maximum atomic E-state index is 6.27. The number of rotatable bonds is 1. The summed E-state index contributed by atoms with van der Waals surface area (Å²) in [5.41, 5.74) is 3.81. The Hall–Kier alpha value is -0.510. The highest BCUT2D eigenvalue weighted by Gasteiger charge is 2.24. The number of halogens is 2. The van der Waals surface area contributed by atoms with Gasteiger partial charge in [0.2, 0.25) is 0 Å². The monoisotopic (exact) mass is 340 g/mol. The molecule has 102 valence electrons. The molecule has 2 nitrogen and oxygen atoms in total. The van der Waals surface area contributed by atoms with Crippen LogP contribution >= 0.6 is 27.5 Å². The molecule has 1 N–H and O–H groups in total. The summed E-state index contributed by atoms with van der Waals surface area (Å²) in [4.78, 5) is 0. The quantitative estimate of drug-likeness (QED) is 0.815. The summed E-state index contributed by atoms with van der Waals surface area (Å²) in [7, 11) is 2.15. The van der Waals surface area contributed by atoms with Crippen LogP contribution in [0.4, 0.5) is 0 Å². The Morgan fingerprint density at radius 1 is 1.42 bits per heavy atom. The van der Waals surface area contributed by atoms with Crippen LogP contribution in [0.1, 0.15) is 30.0 Å². The first-order chi connectivity index (χ1) is 9.11. The zero-order chi connectivity index (χ0) is 13.6. The van der Waals surface area contributed by atoms with Crippen molar-refractivity contribution in [2.75, 3.05) is 13.1 Å². The molecule has 1 aromatic carbocycles. The van der Waals surface area contributed by atoms with Crippen molar-refractivity contribution in [3.05, 3.63) is 32.9 Å². The van der Waals surface area contributed by atoms with Crippen LogP contribution < -0.4 is 5.32 Å². The minimum absolute atomic E-state index is 0.582. The van der Waals surface area contributed by atoms with Crippen molar-refractivity contribution < 1.29 is 0 Å². The van der Waals surface area contributed by atoms with E-state index in [4.69, 9.17) is 11.6 Å². The minimum Gasteiger partial charge on any atom is -0.346 e. The molecule has 1 unspecified atom stereocenters. The number of nitrogens with one attached hydrogen (secondary N) is 1. The van der Waals surface area contributed by atoms with E-state index in [1.165, 1.54) is 33.9 Å². The molecule has 1 atom stereocenters. The van der Waals surface area contributed by atoms with Gasteiger partial charge in [0.05, 0.1) is 5.52 Å². The summed E-state index contributed by atoms with van der Waals surface area (Å²) in [6.45, 7) is 4.30. The Morgan fingerprint density at radius 3 is 2.89 bits per heavy atom. The van der Waals surface area contributed by atoms with E-state index in [0.29, 0.717) is 5.92 Å². The first-order valence-corrected chi connectivity index (χ1v) is 7.92. The number of aryl methyl sites for hydroxylation is 2. The smallest absolute Gasteiger partial charge is 0.0536 e. The number of piperidine rings is 1. The molecule has 2 aromatic rings. The van der Waals surface area contributed by atoms with Gasteiger partial charge in [-0.2, -0.15) is 0 Å². The van der Waals surface area contributed by atoms with Gasteiger partial charge in [0.1, 0.15) is 0 Å². The molecule has 0 aliphatic carbocycles. The second-order valence-electron chi connectivity index (χ2n) is 5.37. The highest BCUT2D eigenvalue weighted by molar-refractivity contribution is 9.10. The summed E-state index contributed by atoms with van der Waals surface area (Å²) in [6.07, 6.45) is 2.50. The third kappa shape index (κ3) is 2.12. The number of hydrogen-bond acceptors (Lipinski definition) is 1. The van der Waals surface area contributed by atoms with E-state index in [1.54, 1.807) is 0 Å². The number of fused-ring (bicyclic) bond motifs is 1. The fraction of sp³-hybridized carbons (Fsp3) is 0.467. The van der Waals surface area contributed by atoms with E-state index in [9.17, 15) is 0 Å². The van der Waals surface area contributed by atoms with Gasteiger partial charge in [-0.3, -0.25) is 0 Å². The number of aromatic nitrogens is 1. The minimum atomic E-state index is 0.582. The lowest BCUT2D eigenvalue weighted by Crippen LogP contribution is -2.29. The van der Waals surface area contributed by atoms with Crippen LogP contribution in [0.3, 0.4) is 0 Å². The van der Waals surface area contributed by atoms with Gasteiger partial charge in [-0.1, -0.05) is 17.7 Å². The Kier molecular flexibility index (Phi) is 3.63. The summed E-state index contributed by atoms with van der Waals surface area (Å²) in [5, 5.41) is 5.61.